The van der Waals surface area contributed by atoms with Crippen molar-refractivity contribution < 1.29 is 18.0 Å². The highest BCUT2D eigenvalue weighted by atomic mass is 35.5. The number of hydrogen-bond acceptors (Lipinski definition) is 3. The highest BCUT2D eigenvalue weighted by Gasteiger charge is 2.15. The maximum Gasteiger partial charge on any atom is 0.220 e. The molecule has 1 atom stereocenters. The first-order chi connectivity index (χ1) is 13.3. The molecular formula is C20H16Cl2F2N2O2. The van der Waals surface area contributed by atoms with E-state index in [0.29, 0.717) is 10.0 Å². The number of nitrogens with zero attached hydrogens (tertiary/aromatic N) is 1. The minimum atomic E-state index is -0.740. The molecule has 1 amide bonds. The molecule has 0 fully saturated rings. The summed E-state index contributed by atoms with van der Waals surface area (Å²) in [6.45, 7) is 1.83. The fraction of sp³-hybridized carbons (Fsp3) is 0.200. The van der Waals surface area contributed by atoms with Crippen LogP contribution in [0.3, 0.4) is 0 Å². The molecule has 2 aromatic carbocycles. The second-order valence-electron chi connectivity index (χ2n) is 6.21. The summed E-state index contributed by atoms with van der Waals surface area (Å²) in [5.41, 5.74) is 0.936. The smallest absolute Gasteiger partial charge is 0.220 e. The van der Waals surface area contributed by atoms with E-state index in [1.54, 1.807) is 18.2 Å². The summed E-state index contributed by atoms with van der Waals surface area (Å²) in [5, 5.41) is 3.72. The molecule has 0 aliphatic carbocycles. The summed E-state index contributed by atoms with van der Waals surface area (Å²) in [6, 6.07) is 8.10. The van der Waals surface area contributed by atoms with E-state index in [-0.39, 0.29) is 42.0 Å². The molecule has 1 heterocycles. The zero-order chi connectivity index (χ0) is 20.3. The Hall–Kier alpha value is -2.44. The number of carbonyl (C=O) groups is 1. The first kappa shape index (κ1) is 20.3. The molecule has 0 aliphatic rings. The predicted octanol–water partition coefficient (Wildman–Crippen LogP) is 5.74. The van der Waals surface area contributed by atoms with Gasteiger partial charge in [0, 0.05) is 18.9 Å². The van der Waals surface area contributed by atoms with Gasteiger partial charge < -0.3 is 9.73 Å². The zero-order valence-electron chi connectivity index (χ0n) is 14.8. The minimum Gasteiger partial charge on any atom is -0.441 e. The molecular weight excluding hydrogens is 409 g/mol. The lowest BCUT2D eigenvalue weighted by Gasteiger charge is -2.14. The molecule has 0 radical (unpaired) electrons. The molecule has 0 unspecified atom stereocenters. The van der Waals surface area contributed by atoms with Crippen LogP contribution >= 0.6 is 23.2 Å². The number of hydrogen-bond donors (Lipinski definition) is 1. The van der Waals surface area contributed by atoms with Gasteiger partial charge in [0.2, 0.25) is 5.91 Å². The number of benzene rings is 2. The molecule has 0 bridgehead atoms. The maximum absolute atomic E-state index is 13.8. The quantitative estimate of drug-likeness (QED) is 0.548. The van der Waals surface area contributed by atoms with Crippen LogP contribution < -0.4 is 5.32 Å². The van der Waals surface area contributed by atoms with Crippen molar-refractivity contribution in [3.05, 3.63) is 75.7 Å². The number of carbonyl (C=O) groups excluding carboxylic acids is 1. The van der Waals surface area contributed by atoms with Crippen molar-refractivity contribution >= 4 is 29.1 Å². The Balaban J connectivity index is 1.57. The van der Waals surface area contributed by atoms with Crippen molar-refractivity contribution in [3.63, 3.8) is 0 Å². The fourth-order valence-corrected chi connectivity index (χ4v) is 2.95. The number of amides is 1. The van der Waals surface area contributed by atoms with Gasteiger partial charge >= 0.3 is 0 Å². The number of nitrogens with one attached hydrogen (secondary N) is 1. The van der Waals surface area contributed by atoms with Gasteiger partial charge in [-0.2, -0.15) is 0 Å². The third-order valence-corrected chi connectivity index (χ3v) is 4.88. The normalized spacial score (nSPS) is 12.0. The Morgan fingerprint density at radius 3 is 2.68 bits per heavy atom. The third-order valence-electron chi connectivity index (χ3n) is 4.14. The largest absolute Gasteiger partial charge is 0.441 e. The summed E-state index contributed by atoms with van der Waals surface area (Å²) in [4.78, 5) is 16.2. The Morgan fingerprint density at radius 1 is 1.18 bits per heavy atom. The second-order valence-corrected chi connectivity index (χ2v) is 7.02. The number of rotatable bonds is 6. The standard InChI is InChI=1S/C20H16Cl2F2N2O2/c1-11(12-2-5-15(21)16(22)8-12)26-19(27)6-7-20-25-10-18(28-20)14-4-3-13(23)9-17(14)24/h2-5,8-11H,6-7H2,1H3,(H,26,27)/t11-/m0/s1. The summed E-state index contributed by atoms with van der Waals surface area (Å²) in [7, 11) is 0. The van der Waals surface area contributed by atoms with Crippen LogP contribution in [-0.4, -0.2) is 10.9 Å². The van der Waals surface area contributed by atoms with Gasteiger partial charge in [-0.3, -0.25) is 4.79 Å². The van der Waals surface area contributed by atoms with Gasteiger partial charge in [-0.1, -0.05) is 29.3 Å². The van der Waals surface area contributed by atoms with Gasteiger partial charge in [0.05, 0.1) is 27.8 Å². The van der Waals surface area contributed by atoms with Crippen LogP contribution in [0.25, 0.3) is 11.3 Å². The van der Waals surface area contributed by atoms with Gasteiger partial charge in [0.15, 0.2) is 11.7 Å². The Labute approximate surface area is 170 Å². The Kier molecular flexibility index (Phi) is 6.31. The van der Waals surface area contributed by atoms with E-state index < -0.39 is 11.6 Å². The van der Waals surface area contributed by atoms with Gasteiger partial charge in [0.25, 0.3) is 0 Å². The van der Waals surface area contributed by atoms with Crippen molar-refractivity contribution in [1.29, 1.82) is 0 Å². The average Bonchev–Trinajstić information content (AvgIpc) is 3.11. The molecule has 0 saturated carbocycles. The molecule has 3 aromatic rings. The highest BCUT2D eigenvalue weighted by molar-refractivity contribution is 6.42. The summed E-state index contributed by atoms with van der Waals surface area (Å²) in [6.07, 6.45) is 1.72. The van der Waals surface area contributed by atoms with Crippen molar-refractivity contribution in [3.8, 4) is 11.3 Å². The second kappa shape index (κ2) is 8.71. The first-order valence-corrected chi connectivity index (χ1v) is 9.23. The molecule has 3 rings (SSSR count). The van der Waals surface area contributed by atoms with E-state index in [1.165, 1.54) is 12.3 Å². The van der Waals surface area contributed by atoms with Crippen LogP contribution in [0.15, 0.2) is 47.0 Å². The van der Waals surface area contributed by atoms with E-state index in [1.807, 2.05) is 6.92 Å². The van der Waals surface area contributed by atoms with Gasteiger partial charge in [-0.05, 0) is 36.8 Å². The van der Waals surface area contributed by atoms with Crippen LogP contribution in [0, 0.1) is 11.6 Å². The van der Waals surface area contributed by atoms with Gasteiger partial charge in [-0.15, -0.1) is 0 Å². The molecule has 146 valence electrons. The molecule has 0 saturated heterocycles. The molecule has 4 nitrogen and oxygen atoms in total. The SMILES string of the molecule is C[C@H](NC(=O)CCc1ncc(-c2ccc(F)cc2F)o1)c1ccc(Cl)c(Cl)c1. The minimum absolute atomic E-state index is 0.109. The van der Waals surface area contributed by atoms with Gasteiger partial charge in [-0.25, -0.2) is 13.8 Å². The van der Waals surface area contributed by atoms with E-state index in [9.17, 15) is 13.6 Å². The lowest BCUT2D eigenvalue weighted by molar-refractivity contribution is -0.121. The van der Waals surface area contributed by atoms with Crippen molar-refractivity contribution in [2.24, 2.45) is 0 Å². The molecule has 28 heavy (non-hydrogen) atoms. The number of aromatic nitrogens is 1. The van der Waals surface area contributed by atoms with E-state index in [4.69, 9.17) is 27.6 Å². The predicted molar refractivity (Wildman–Crippen MR) is 103 cm³/mol. The van der Waals surface area contributed by atoms with Crippen molar-refractivity contribution in [1.82, 2.24) is 10.3 Å². The molecule has 0 spiro atoms. The van der Waals surface area contributed by atoms with Crippen molar-refractivity contribution in [2.75, 3.05) is 0 Å². The summed E-state index contributed by atoms with van der Waals surface area (Å²) >= 11 is 11.9. The van der Waals surface area contributed by atoms with Crippen LogP contribution in [0.5, 0.6) is 0 Å². The van der Waals surface area contributed by atoms with Crippen LogP contribution in [0.1, 0.15) is 30.8 Å². The molecule has 1 aromatic heterocycles. The number of aryl methyl sites for hydroxylation is 1. The topological polar surface area (TPSA) is 55.1 Å². The van der Waals surface area contributed by atoms with E-state index in [0.717, 1.165) is 17.7 Å². The molecule has 8 heteroatoms. The number of oxazole rings is 1. The van der Waals surface area contributed by atoms with Crippen molar-refractivity contribution in [2.45, 2.75) is 25.8 Å². The molecule has 0 aliphatic heterocycles. The fourth-order valence-electron chi connectivity index (χ4n) is 2.64. The third kappa shape index (κ3) is 4.88. The van der Waals surface area contributed by atoms with Crippen LogP contribution in [0.2, 0.25) is 10.0 Å². The monoisotopic (exact) mass is 424 g/mol. The van der Waals surface area contributed by atoms with Crippen LogP contribution in [0.4, 0.5) is 8.78 Å². The zero-order valence-corrected chi connectivity index (χ0v) is 16.3. The number of halogens is 4. The Morgan fingerprint density at radius 2 is 1.96 bits per heavy atom. The molecule has 1 N–H and O–H groups in total. The van der Waals surface area contributed by atoms with E-state index >= 15 is 0 Å². The van der Waals surface area contributed by atoms with E-state index in [2.05, 4.69) is 10.3 Å². The Bertz CT molecular complexity index is 1010. The summed E-state index contributed by atoms with van der Waals surface area (Å²) < 4.78 is 32.3. The average molecular weight is 425 g/mol. The summed E-state index contributed by atoms with van der Waals surface area (Å²) in [5.74, 6) is -1.15. The lowest BCUT2D eigenvalue weighted by atomic mass is 10.1. The van der Waals surface area contributed by atoms with Gasteiger partial charge in [0.1, 0.15) is 11.6 Å². The first-order valence-electron chi connectivity index (χ1n) is 8.48. The maximum atomic E-state index is 13.8. The van der Waals surface area contributed by atoms with Crippen LogP contribution in [-0.2, 0) is 11.2 Å². The lowest BCUT2D eigenvalue weighted by Crippen LogP contribution is -2.26. The highest BCUT2D eigenvalue weighted by Crippen LogP contribution is 2.26.